The van der Waals surface area contributed by atoms with Crippen LogP contribution >= 0.6 is 0 Å². The molecule has 0 aromatic heterocycles. The van der Waals surface area contributed by atoms with Gasteiger partial charge >= 0.3 is 0 Å². The summed E-state index contributed by atoms with van der Waals surface area (Å²) in [4.78, 5) is 0. The summed E-state index contributed by atoms with van der Waals surface area (Å²) in [5.74, 6) is 0. The van der Waals surface area contributed by atoms with E-state index in [2.05, 4.69) is 59.0 Å². The van der Waals surface area contributed by atoms with Crippen LogP contribution in [0, 0.1) is 0 Å². The van der Waals surface area contributed by atoms with Crippen molar-refractivity contribution in [3.8, 4) is 0 Å². The van der Waals surface area contributed by atoms with Crippen LogP contribution in [0.25, 0.3) is 0 Å². The van der Waals surface area contributed by atoms with Crippen LogP contribution in [0.5, 0.6) is 0 Å². The number of ether oxygens (including phenoxy) is 2. The molecule has 0 amide bonds. The predicted octanol–water partition coefficient (Wildman–Crippen LogP) is 5.33. The first-order valence-electron chi connectivity index (χ1n) is 9.28. The first kappa shape index (κ1) is 20.4. The van der Waals surface area contributed by atoms with E-state index >= 15 is 0 Å². The van der Waals surface area contributed by atoms with Gasteiger partial charge in [0.05, 0.1) is 19.8 Å². The van der Waals surface area contributed by atoms with E-state index in [9.17, 15) is 0 Å². The van der Waals surface area contributed by atoms with Gasteiger partial charge in [-0.1, -0.05) is 57.2 Å². The van der Waals surface area contributed by atoms with Gasteiger partial charge in [-0.2, -0.15) is 0 Å². The van der Waals surface area contributed by atoms with Crippen molar-refractivity contribution in [3.05, 3.63) is 47.5 Å². The molecule has 140 valence electrons. The van der Waals surface area contributed by atoms with Gasteiger partial charge in [0.2, 0.25) is 0 Å². The lowest BCUT2D eigenvalue weighted by Gasteiger charge is -2.36. The molecule has 0 saturated carbocycles. The topological polar surface area (TPSA) is 31.0 Å². The fraction of sp³-hybridized carbons (Fsp3) is 0.619. The molecule has 1 fully saturated rings. The van der Waals surface area contributed by atoms with Crippen LogP contribution in [-0.2, 0) is 20.5 Å². The van der Waals surface area contributed by atoms with Crippen molar-refractivity contribution in [2.75, 3.05) is 13.2 Å². The SMILES string of the molecule is C/C(=C\CCOCc1ccccc1)[C@@H]1O[C@@H]1CO[Si](C)(C)C(C)(C)C. The second-order valence-electron chi connectivity index (χ2n) is 8.44. The monoisotopic (exact) mass is 362 g/mol. The van der Waals surface area contributed by atoms with Crippen LogP contribution in [0.2, 0.25) is 18.1 Å². The molecule has 1 saturated heterocycles. The Hall–Kier alpha value is -0.943. The van der Waals surface area contributed by atoms with E-state index in [-0.39, 0.29) is 17.2 Å². The second-order valence-corrected chi connectivity index (χ2v) is 13.3. The maximum atomic E-state index is 6.25. The van der Waals surface area contributed by atoms with Gasteiger partial charge in [0.1, 0.15) is 12.2 Å². The standard InChI is InChI=1S/C21H34O3Si/c1-17(11-10-14-22-15-18-12-8-7-9-13-18)20-19(24-20)16-23-25(5,6)21(2,3)4/h7-9,11-13,19-20H,10,14-16H2,1-6H3/b17-11+/t19-,20+/m1/s1. The van der Waals surface area contributed by atoms with Crippen molar-refractivity contribution in [2.45, 2.75) is 71.1 Å². The third kappa shape index (κ3) is 6.37. The van der Waals surface area contributed by atoms with Crippen molar-refractivity contribution >= 4 is 8.32 Å². The summed E-state index contributed by atoms with van der Waals surface area (Å²) in [6.45, 7) is 15.7. The minimum Gasteiger partial charge on any atom is -0.414 e. The van der Waals surface area contributed by atoms with Crippen molar-refractivity contribution in [1.82, 2.24) is 0 Å². The summed E-state index contributed by atoms with van der Waals surface area (Å²) in [7, 11) is -1.68. The first-order valence-corrected chi connectivity index (χ1v) is 12.2. The highest BCUT2D eigenvalue weighted by Gasteiger charge is 2.44. The Bertz CT molecular complexity index is 560. The molecule has 1 aliphatic heterocycles. The summed E-state index contributed by atoms with van der Waals surface area (Å²) < 4.78 is 17.8. The fourth-order valence-corrected chi connectivity index (χ4v) is 3.44. The zero-order valence-corrected chi connectivity index (χ0v) is 17.7. The molecule has 1 heterocycles. The zero-order chi connectivity index (χ0) is 18.5. The van der Waals surface area contributed by atoms with Crippen molar-refractivity contribution in [1.29, 1.82) is 0 Å². The molecular formula is C21H34O3Si. The average Bonchev–Trinajstić information content (AvgIpc) is 3.32. The van der Waals surface area contributed by atoms with E-state index in [0.717, 1.165) is 19.6 Å². The van der Waals surface area contributed by atoms with E-state index in [1.165, 1.54) is 11.1 Å². The molecule has 2 rings (SSSR count). The first-order chi connectivity index (χ1) is 11.7. The van der Waals surface area contributed by atoms with E-state index in [1.807, 2.05) is 18.2 Å². The number of benzene rings is 1. The van der Waals surface area contributed by atoms with E-state index in [4.69, 9.17) is 13.9 Å². The highest BCUT2D eigenvalue weighted by atomic mass is 28.4. The second kappa shape index (κ2) is 8.63. The van der Waals surface area contributed by atoms with Gasteiger partial charge in [-0.3, -0.25) is 0 Å². The maximum absolute atomic E-state index is 6.25. The average molecular weight is 363 g/mol. The fourth-order valence-electron chi connectivity index (χ4n) is 2.43. The van der Waals surface area contributed by atoms with Crippen LogP contribution in [0.1, 0.15) is 39.7 Å². The Morgan fingerprint density at radius 2 is 1.88 bits per heavy atom. The van der Waals surface area contributed by atoms with E-state index in [0.29, 0.717) is 6.61 Å². The molecule has 1 aromatic carbocycles. The smallest absolute Gasteiger partial charge is 0.192 e. The number of hydrogen-bond acceptors (Lipinski definition) is 3. The molecule has 4 heteroatoms. The number of rotatable bonds is 9. The van der Waals surface area contributed by atoms with Gasteiger partial charge in [-0.15, -0.1) is 0 Å². The van der Waals surface area contributed by atoms with Gasteiger partial charge < -0.3 is 13.9 Å². The van der Waals surface area contributed by atoms with Crippen molar-refractivity contribution in [2.24, 2.45) is 0 Å². The Balaban J connectivity index is 1.63. The molecule has 25 heavy (non-hydrogen) atoms. The van der Waals surface area contributed by atoms with Gasteiger partial charge in [0, 0.05) is 0 Å². The van der Waals surface area contributed by atoms with Gasteiger partial charge in [0.25, 0.3) is 0 Å². The van der Waals surface area contributed by atoms with Crippen LogP contribution in [0.15, 0.2) is 42.0 Å². The summed E-state index contributed by atoms with van der Waals surface area (Å²) in [6, 6.07) is 10.3. The third-order valence-electron chi connectivity index (χ3n) is 5.29. The molecule has 0 radical (unpaired) electrons. The van der Waals surface area contributed by atoms with Crippen LogP contribution in [0.4, 0.5) is 0 Å². The Kier molecular flexibility index (Phi) is 7.03. The molecule has 2 atom stereocenters. The molecule has 1 aromatic rings. The molecule has 0 bridgehead atoms. The molecule has 0 aliphatic carbocycles. The summed E-state index contributed by atoms with van der Waals surface area (Å²) >= 11 is 0. The highest BCUT2D eigenvalue weighted by molar-refractivity contribution is 6.74. The van der Waals surface area contributed by atoms with Crippen molar-refractivity contribution in [3.63, 3.8) is 0 Å². The lowest BCUT2D eigenvalue weighted by Crippen LogP contribution is -2.41. The molecule has 0 N–H and O–H groups in total. The molecule has 1 aliphatic rings. The van der Waals surface area contributed by atoms with Gasteiger partial charge in [-0.05, 0) is 42.6 Å². The molecule has 0 spiro atoms. The normalized spacial score (nSPS) is 21.4. The lowest BCUT2D eigenvalue weighted by atomic mass is 10.1. The van der Waals surface area contributed by atoms with Crippen LogP contribution in [-0.4, -0.2) is 33.7 Å². The van der Waals surface area contributed by atoms with Crippen LogP contribution < -0.4 is 0 Å². The summed E-state index contributed by atoms with van der Waals surface area (Å²) in [6.07, 6.45) is 3.63. The minimum absolute atomic E-state index is 0.232. The Morgan fingerprint density at radius 1 is 1.20 bits per heavy atom. The number of hydrogen-bond donors (Lipinski definition) is 0. The summed E-state index contributed by atoms with van der Waals surface area (Å²) in [5.41, 5.74) is 2.52. The molecule has 3 nitrogen and oxygen atoms in total. The predicted molar refractivity (Wildman–Crippen MR) is 106 cm³/mol. The largest absolute Gasteiger partial charge is 0.414 e. The van der Waals surface area contributed by atoms with Gasteiger partial charge in [0.15, 0.2) is 8.32 Å². The summed E-state index contributed by atoms with van der Waals surface area (Å²) in [5, 5.41) is 0.248. The van der Waals surface area contributed by atoms with Gasteiger partial charge in [-0.25, -0.2) is 0 Å². The Labute approximate surface area is 154 Å². The minimum atomic E-state index is -1.68. The number of epoxide rings is 1. The quantitative estimate of drug-likeness (QED) is 0.257. The molecular weight excluding hydrogens is 328 g/mol. The van der Waals surface area contributed by atoms with E-state index in [1.54, 1.807) is 0 Å². The maximum Gasteiger partial charge on any atom is 0.192 e. The van der Waals surface area contributed by atoms with Crippen molar-refractivity contribution < 1.29 is 13.9 Å². The van der Waals surface area contributed by atoms with Crippen LogP contribution in [0.3, 0.4) is 0 Å². The molecule has 0 unspecified atom stereocenters. The Morgan fingerprint density at radius 3 is 2.52 bits per heavy atom. The lowest BCUT2D eigenvalue weighted by molar-refractivity contribution is 0.125. The highest BCUT2D eigenvalue weighted by Crippen LogP contribution is 2.38. The van der Waals surface area contributed by atoms with E-state index < -0.39 is 8.32 Å². The zero-order valence-electron chi connectivity index (χ0n) is 16.7. The third-order valence-corrected chi connectivity index (χ3v) is 9.79.